The molecule has 0 saturated carbocycles. The minimum absolute atomic E-state index is 0.104. The Hall–Kier alpha value is -2.69. The van der Waals surface area contributed by atoms with E-state index in [2.05, 4.69) is 10.3 Å². The van der Waals surface area contributed by atoms with Gasteiger partial charge in [-0.1, -0.05) is 18.2 Å². The summed E-state index contributed by atoms with van der Waals surface area (Å²) in [6.07, 6.45) is 1.81. The maximum atomic E-state index is 12.1. The van der Waals surface area contributed by atoms with Crippen LogP contribution in [0.3, 0.4) is 0 Å². The molecule has 0 unspecified atom stereocenters. The van der Waals surface area contributed by atoms with E-state index in [0.29, 0.717) is 12.2 Å². The van der Waals surface area contributed by atoms with Gasteiger partial charge in [0.05, 0.1) is 6.42 Å². The normalized spacial score (nSPS) is 14.1. The molecule has 0 atom stereocenters. The predicted molar refractivity (Wildman–Crippen MR) is 89.3 cm³/mol. The number of aryl methyl sites for hydroxylation is 1. The number of amides is 2. The van der Waals surface area contributed by atoms with E-state index in [1.165, 1.54) is 0 Å². The number of anilines is 2. The topological polar surface area (TPSA) is 62.3 Å². The van der Waals surface area contributed by atoms with Gasteiger partial charge in [-0.3, -0.25) is 9.59 Å². The molecule has 0 bridgehead atoms. The standard InChI is InChI=1S/C18H19N3O2/c1-13-4-2-5-16(19-13)20-17(22)12-14-7-9-15(10-8-14)21-11-3-6-18(21)23/h2,4-5,7-10H,3,6,11-12H2,1H3,(H,19,20,22). The summed E-state index contributed by atoms with van der Waals surface area (Å²) in [5.41, 5.74) is 2.67. The van der Waals surface area contributed by atoms with Crippen LogP contribution >= 0.6 is 0 Å². The molecule has 1 aliphatic rings. The lowest BCUT2D eigenvalue weighted by Gasteiger charge is -2.15. The lowest BCUT2D eigenvalue weighted by Crippen LogP contribution is -2.23. The molecule has 1 aliphatic heterocycles. The quantitative estimate of drug-likeness (QED) is 0.944. The van der Waals surface area contributed by atoms with Gasteiger partial charge < -0.3 is 10.2 Å². The van der Waals surface area contributed by atoms with Crippen LogP contribution in [0, 0.1) is 6.92 Å². The van der Waals surface area contributed by atoms with Gasteiger partial charge >= 0.3 is 0 Å². The average Bonchev–Trinajstić information content (AvgIpc) is 2.94. The molecule has 1 aromatic heterocycles. The van der Waals surface area contributed by atoms with E-state index >= 15 is 0 Å². The van der Waals surface area contributed by atoms with E-state index in [9.17, 15) is 9.59 Å². The second-order valence-corrected chi connectivity index (χ2v) is 5.70. The van der Waals surface area contributed by atoms with Crippen LogP contribution in [0.15, 0.2) is 42.5 Å². The van der Waals surface area contributed by atoms with Crippen LogP contribution in [-0.2, 0) is 16.0 Å². The van der Waals surface area contributed by atoms with Crippen LogP contribution in [0.4, 0.5) is 11.5 Å². The summed E-state index contributed by atoms with van der Waals surface area (Å²) in [6.45, 7) is 2.66. The Morgan fingerprint density at radius 3 is 2.65 bits per heavy atom. The monoisotopic (exact) mass is 309 g/mol. The highest BCUT2D eigenvalue weighted by atomic mass is 16.2. The molecule has 118 valence electrons. The molecule has 0 radical (unpaired) electrons. The van der Waals surface area contributed by atoms with Crippen LogP contribution in [-0.4, -0.2) is 23.3 Å². The second kappa shape index (κ2) is 6.60. The number of carbonyl (C=O) groups excluding carboxylic acids is 2. The summed E-state index contributed by atoms with van der Waals surface area (Å²) in [4.78, 5) is 29.8. The minimum Gasteiger partial charge on any atom is -0.312 e. The molecule has 3 rings (SSSR count). The molecular formula is C18H19N3O2. The van der Waals surface area contributed by atoms with Crippen LogP contribution < -0.4 is 10.2 Å². The first kappa shape index (κ1) is 15.2. The van der Waals surface area contributed by atoms with E-state index in [0.717, 1.165) is 29.9 Å². The molecular weight excluding hydrogens is 290 g/mol. The number of carbonyl (C=O) groups is 2. The predicted octanol–water partition coefficient (Wildman–Crippen LogP) is 2.70. The molecule has 0 aliphatic carbocycles. The maximum Gasteiger partial charge on any atom is 0.229 e. The highest BCUT2D eigenvalue weighted by molar-refractivity contribution is 5.95. The van der Waals surface area contributed by atoms with E-state index in [-0.39, 0.29) is 18.2 Å². The number of nitrogens with one attached hydrogen (secondary N) is 1. The average molecular weight is 309 g/mol. The van der Waals surface area contributed by atoms with Crippen LogP contribution in [0.1, 0.15) is 24.1 Å². The Labute approximate surface area is 135 Å². The van der Waals surface area contributed by atoms with E-state index in [1.807, 2.05) is 43.3 Å². The van der Waals surface area contributed by atoms with Crippen molar-refractivity contribution >= 4 is 23.3 Å². The summed E-state index contributed by atoms with van der Waals surface area (Å²) in [7, 11) is 0. The van der Waals surface area contributed by atoms with Gasteiger partial charge in [-0.2, -0.15) is 0 Å². The Morgan fingerprint density at radius 1 is 1.22 bits per heavy atom. The first-order chi connectivity index (χ1) is 11.1. The Kier molecular flexibility index (Phi) is 4.37. The van der Waals surface area contributed by atoms with Crippen molar-refractivity contribution in [3.8, 4) is 0 Å². The summed E-state index contributed by atoms with van der Waals surface area (Å²) in [5, 5.41) is 2.79. The number of benzene rings is 1. The van der Waals surface area contributed by atoms with Crippen molar-refractivity contribution in [3.63, 3.8) is 0 Å². The van der Waals surface area contributed by atoms with Crippen molar-refractivity contribution < 1.29 is 9.59 Å². The molecule has 2 amide bonds. The molecule has 1 aromatic carbocycles. The first-order valence-corrected chi connectivity index (χ1v) is 7.74. The van der Waals surface area contributed by atoms with Crippen molar-refractivity contribution in [1.29, 1.82) is 0 Å². The number of pyridine rings is 1. The summed E-state index contributed by atoms with van der Waals surface area (Å²) in [6, 6.07) is 13.1. The first-order valence-electron chi connectivity index (χ1n) is 7.74. The lowest BCUT2D eigenvalue weighted by atomic mass is 10.1. The van der Waals surface area contributed by atoms with Gasteiger partial charge in [-0.25, -0.2) is 4.98 Å². The Balaban J connectivity index is 1.61. The minimum atomic E-state index is -0.104. The Bertz CT molecular complexity index is 725. The Morgan fingerprint density at radius 2 is 2.00 bits per heavy atom. The van der Waals surface area contributed by atoms with Gasteiger partial charge in [0, 0.05) is 24.3 Å². The number of nitrogens with zero attached hydrogens (tertiary/aromatic N) is 2. The molecule has 0 spiro atoms. The van der Waals surface area contributed by atoms with Gasteiger partial charge in [0.25, 0.3) is 0 Å². The third-order valence-corrected chi connectivity index (χ3v) is 3.84. The molecule has 1 fully saturated rings. The molecule has 2 heterocycles. The summed E-state index contributed by atoms with van der Waals surface area (Å²) < 4.78 is 0. The van der Waals surface area contributed by atoms with Crippen LogP contribution in [0.5, 0.6) is 0 Å². The van der Waals surface area contributed by atoms with Crippen LogP contribution in [0.25, 0.3) is 0 Å². The van der Waals surface area contributed by atoms with E-state index in [4.69, 9.17) is 0 Å². The van der Waals surface area contributed by atoms with Crippen molar-refractivity contribution in [1.82, 2.24) is 4.98 Å². The number of hydrogen-bond donors (Lipinski definition) is 1. The lowest BCUT2D eigenvalue weighted by molar-refractivity contribution is -0.117. The van der Waals surface area contributed by atoms with Gasteiger partial charge in [0.2, 0.25) is 11.8 Å². The van der Waals surface area contributed by atoms with Gasteiger partial charge in [0.15, 0.2) is 0 Å². The SMILES string of the molecule is Cc1cccc(NC(=O)Cc2ccc(N3CCCC3=O)cc2)n1. The zero-order chi connectivity index (χ0) is 16.2. The summed E-state index contributed by atoms with van der Waals surface area (Å²) >= 11 is 0. The molecule has 5 heteroatoms. The molecule has 5 nitrogen and oxygen atoms in total. The number of hydrogen-bond acceptors (Lipinski definition) is 3. The van der Waals surface area contributed by atoms with Gasteiger partial charge in [-0.15, -0.1) is 0 Å². The fourth-order valence-corrected chi connectivity index (χ4v) is 2.70. The highest BCUT2D eigenvalue weighted by Gasteiger charge is 2.21. The summed E-state index contributed by atoms with van der Waals surface area (Å²) in [5.74, 6) is 0.628. The number of rotatable bonds is 4. The van der Waals surface area contributed by atoms with Crippen molar-refractivity contribution in [2.24, 2.45) is 0 Å². The highest BCUT2D eigenvalue weighted by Crippen LogP contribution is 2.21. The smallest absolute Gasteiger partial charge is 0.229 e. The van der Waals surface area contributed by atoms with Gasteiger partial charge in [0.1, 0.15) is 5.82 Å². The number of aromatic nitrogens is 1. The van der Waals surface area contributed by atoms with Crippen molar-refractivity contribution in [3.05, 3.63) is 53.7 Å². The molecule has 23 heavy (non-hydrogen) atoms. The molecule has 1 N–H and O–H groups in total. The molecule has 1 saturated heterocycles. The fourth-order valence-electron chi connectivity index (χ4n) is 2.70. The fraction of sp³-hybridized carbons (Fsp3) is 0.278. The van der Waals surface area contributed by atoms with Gasteiger partial charge in [-0.05, 0) is 43.2 Å². The van der Waals surface area contributed by atoms with Crippen molar-refractivity contribution in [2.75, 3.05) is 16.8 Å². The molecule has 2 aromatic rings. The zero-order valence-electron chi connectivity index (χ0n) is 13.1. The zero-order valence-corrected chi connectivity index (χ0v) is 13.1. The van der Waals surface area contributed by atoms with E-state index < -0.39 is 0 Å². The third-order valence-electron chi connectivity index (χ3n) is 3.84. The largest absolute Gasteiger partial charge is 0.312 e. The second-order valence-electron chi connectivity index (χ2n) is 5.70. The van der Waals surface area contributed by atoms with Crippen LogP contribution in [0.2, 0.25) is 0 Å². The van der Waals surface area contributed by atoms with Crippen molar-refractivity contribution in [2.45, 2.75) is 26.2 Å². The third kappa shape index (κ3) is 3.74. The maximum absolute atomic E-state index is 12.1. The van der Waals surface area contributed by atoms with E-state index in [1.54, 1.807) is 11.0 Å².